The van der Waals surface area contributed by atoms with Crippen molar-refractivity contribution in [3.05, 3.63) is 108 Å². The summed E-state index contributed by atoms with van der Waals surface area (Å²) in [6.45, 7) is 5.52. The fourth-order valence-electron chi connectivity index (χ4n) is 5.37. The van der Waals surface area contributed by atoms with Crippen LogP contribution in [0, 0.1) is 16.7 Å². The number of amides is 1. The van der Waals surface area contributed by atoms with Crippen LogP contribution in [0.5, 0.6) is 0 Å². The van der Waals surface area contributed by atoms with Crippen LogP contribution in [0.4, 0.5) is 0 Å². The summed E-state index contributed by atoms with van der Waals surface area (Å²) in [7, 11) is 0. The van der Waals surface area contributed by atoms with Crippen LogP contribution in [0.25, 0.3) is 0 Å². The SMILES string of the molecule is CC1(C)[C@H](C(=O)NNC(c2ccccc2)(c2ccccc2)c2ccccc2)CC[C@@]1(C)C(=O)O. The topological polar surface area (TPSA) is 78.4 Å². The van der Waals surface area contributed by atoms with Gasteiger partial charge in [0.05, 0.1) is 5.41 Å². The second-order valence-corrected chi connectivity index (χ2v) is 9.91. The minimum Gasteiger partial charge on any atom is -0.481 e. The van der Waals surface area contributed by atoms with Gasteiger partial charge in [0, 0.05) is 5.92 Å². The van der Waals surface area contributed by atoms with Crippen LogP contribution in [-0.4, -0.2) is 17.0 Å². The van der Waals surface area contributed by atoms with Crippen molar-refractivity contribution in [3.8, 4) is 0 Å². The minimum atomic E-state index is -0.954. The molecule has 3 aromatic carbocycles. The average molecular weight is 457 g/mol. The molecule has 0 radical (unpaired) electrons. The Morgan fingerprint density at radius 2 is 1.21 bits per heavy atom. The van der Waals surface area contributed by atoms with Crippen molar-refractivity contribution in [1.29, 1.82) is 0 Å². The van der Waals surface area contributed by atoms with Crippen molar-refractivity contribution >= 4 is 11.9 Å². The Hall–Kier alpha value is -3.44. The molecule has 1 fully saturated rings. The lowest BCUT2D eigenvalue weighted by molar-refractivity contribution is -0.155. The standard InChI is InChI=1S/C29H32N2O3/c1-27(2)24(19-20-28(27,3)26(33)34)25(32)30-31-29(21-13-7-4-8-14-21,22-15-9-5-10-16-22)23-17-11-6-12-18-23/h4-18,24,31H,19-20H2,1-3H3,(H,30,32)(H,33,34)/t24-,28-/m0/s1. The molecular formula is C29H32N2O3. The van der Waals surface area contributed by atoms with Gasteiger partial charge in [0.15, 0.2) is 0 Å². The first-order chi connectivity index (χ1) is 16.2. The Bertz CT molecular complexity index is 1050. The Morgan fingerprint density at radius 3 is 1.56 bits per heavy atom. The summed E-state index contributed by atoms with van der Waals surface area (Å²) in [5, 5.41) is 9.87. The van der Waals surface area contributed by atoms with E-state index in [0.717, 1.165) is 16.7 Å². The molecule has 0 bridgehead atoms. The van der Waals surface area contributed by atoms with Crippen molar-refractivity contribution in [3.63, 3.8) is 0 Å². The van der Waals surface area contributed by atoms with Gasteiger partial charge < -0.3 is 5.11 Å². The van der Waals surface area contributed by atoms with Gasteiger partial charge in [-0.05, 0) is 41.9 Å². The molecule has 5 heteroatoms. The fraction of sp³-hybridized carbons (Fsp3) is 0.310. The highest BCUT2D eigenvalue weighted by Gasteiger charge is 2.58. The van der Waals surface area contributed by atoms with Crippen LogP contribution in [0.1, 0.15) is 50.3 Å². The van der Waals surface area contributed by atoms with Crippen molar-refractivity contribution < 1.29 is 14.7 Å². The predicted octanol–water partition coefficient (Wildman–Crippen LogP) is 5.13. The zero-order valence-electron chi connectivity index (χ0n) is 19.9. The second kappa shape index (κ2) is 9.07. The lowest BCUT2D eigenvalue weighted by atomic mass is 9.65. The molecule has 1 aliphatic carbocycles. The largest absolute Gasteiger partial charge is 0.481 e. The van der Waals surface area contributed by atoms with Crippen molar-refractivity contribution in [1.82, 2.24) is 10.9 Å². The van der Waals surface area contributed by atoms with Gasteiger partial charge in [-0.2, -0.15) is 0 Å². The monoisotopic (exact) mass is 456 g/mol. The van der Waals surface area contributed by atoms with Crippen LogP contribution >= 0.6 is 0 Å². The highest BCUT2D eigenvalue weighted by atomic mass is 16.4. The third-order valence-corrected chi connectivity index (χ3v) is 8.01. The summed E-state index contributed by atoms with van der Waals surface area (Å²) >= 11 is 0. The number of aliphatic carboxylic acids is 1. The maximum atomic E-state index is 13.5. The molecule has 34 heavy (non-hydrogen) atoms. The average Bonchev–Trinajstić information content (AvgIpc) is 3.11. The van der Waals surface area contributed by atoms with E-state index in [1.54, 1.807) is 6.92 Å². The summed E-state index contributed by atoms with van der Waals surface area (Å²) < 4.78 is 0. The third kappa shape index (κ3) is 3.80. The molecule has 3 aromatic rings. The molecule has 5 nitrogen and oxygen atoms in total. The van der Waals surface area contributed by atoms with Crippen LogP contribution in [0.15, 0.2) is 91.0 Å². The van der Waals surface area contributed by atoms with E-state index in [-0.39, 0.29) is 5.91 Å². The zero-order chi connectivity index (χ0) is 24.4. The van der Waals surface area contributed by atoms with Gasteiger partial charge in [-0.3, -0.25) is 15.0 Å². The van der Waals surface area contributed by atoms with Crippen molar-refractivity contribution in [2.45, 2.75) is 39.2 Å². The molecule has 1 aliphatic rings. The minimum absolute atomic E-state index is 0.192. The molecule has 1 amide bonds. The molecule has 0 aliphatic heterocycles. The van der Waals surface area contributed by atoms with Crippen LogP contribution in [0.2, 0.25) is 0 Å². The molecule has 0 heterocycles. The van der Waals surface area contributed by atoms with E-state index < -0.39 is 28.3 Å². The van der Waals surface area contributed by atoms with E-state index in [1.807, 2.05) is 105 Å². The highest BCUT2D eigenvalue weighted by Crippen LogP contribution is 2.56. The van der Waals surface area contributed by atoms with E-state index in [9.17, 15) is 14.7 Å². The Labute approximate surface area is 201 Å². The number of rotatable bonds is 7. The first-order valence-corrected chi connectivity index (χ1v) is 11.7. The van der Waals surface area contributed by atoms with Gasteiger partial charge in [-0.25, -0.2) is 5.43 Å². The molecule has 0 unspecified atom stereocenters. The van der Waals surface area contributed by atoms with Crippen molar-refractivity contribution in [2.24, 2.45) is 16.7 Å². The number of hydrazine groups is 1. The van der Waals surface area contributed by atoms with Gasteiger partial charge in [-0.15, -0.1) is 0 Å². The molecular weight excluding hydrogens is 424 g/mol. The summed E-state index contributed by atoms with van der Waals surface area (Å²) in [6.07, 6.45) is 0.993. The van der Waals surface area contributed by atoms with E-state index >= 15 is 0 Å². The quantitative estimate of drug-likeness (QED) is 0.340. The van der Waals surface area contributed by atoms with E-state index in [4.69, 9.17) is 0 Å². The molecule has 4 rings (SSSR count). The summed E-state index contributed by atoms with van der Waals surface area (Å²) in [5.74, 6) is -1.48. The second-order valence-electron chi connectivity index (χ2n) is 9.91. The summed E-state index contributed by atoms with van der Waals surface area (Å²) in [6, 6.07) is 30.1. The molecule has 0 aromatic heterocycles. The summed E-state index contributed by atoms with van der Waals surface area (Å²) in [5.41, 5.74) is 6.87. The maximum absolute atomic E-state index is 13.5. The van der Waals surface area contributed by atoms with E-state index in [2.05, 4.69) is 10.9 Å². The molecule has 0 saturated heterocycles. The smallest absolute Gasteiger partial charge is 0.309 e. The lowest BCUT2D eigenvalue weighted by Crippen LogP contribution is -2.56. The number of carboxylic acid groups (broad SMARTS) is 1. The van der Waals surface area contributed by atoms with Crippen LogP contribution in [0.3, 0.4) is 0 Å². The Morgan fingerprint density at radius 1 is 0.794 bits per heavy atom. The third-order valence-electron chi connectivity index (χ3n) is 8.01. The maximum Gasteiger partial charge on any atom is 0.309 e. The molecule has 0 spiro atoms. The van der Waals surface area contributed by atoms with Gasteiger partial charge >= 0.3 is 5.97 Å². The highest BCUT2D eigenvalue weighted by molar-refractivity contribution is 5.83. The number of nitrogens with one attached hydrogen (secondary N) is 2. The normalized spacial score (nSPS) is 21.7. The number of carboxylic acids is 1. The number of hydrogen-bond donors (Lipinski definition) is 3. The Balaban J connectivity index is 1.75. The molecule has 176 valence electrons. The van der Waals surface area contributed by atoms with Gasteiger partial charge in [-0.1, -0.05) is 105 Å². The molecule has 1 saturated carbocycles. The van der Waals surface area contributed by atoms with Crippen molar-refractivity contribution in [2.75, 3.05) is 0 Å². The van der Waals surface area contributed by atoms with Crippen LogP contribution in [-0.2, 0) is 15.1 Å². The zero-order valence-corrected chi connectivity index (χ0v) is 19.9. The van der Waals surface area contributed by atoms with Gasteiger partial charge in [0.2, 0.25) is 5.91 Å². The fourth-order valence-corrected chi connectivity index (χ4v) is 5.37. The number of benzene rings is 3. The summed E-state index contributed by atoms with van der Waals surface area (Å²) in [4.78, 5) is 25.6. The number of hydrogen-bond acceptors (Lipinski definition) is 3. The van der Waals surface area contributed by atoms with E-state index in [1.165, 1.54) is 0 Å². The van der Waals surface area contributed by atoms with E-state index in [0.29, 0.717) is 12.8 Å². The number of carbonyl (C=O) groups excluding carboxylic acids is 1. The first-order valence-electron chi connectivity index (χ1n) is 11.7. The lowest BCUT2D eigenvalue weighted by Gasteiger charge is -2.40. The van der Waals surface area contributed by atoms with Crippen LogP contribution < -0.4 is 10.9 Å². The van der Waals surface area contributed by atoms with Gasteiger partial charge in [0.1, 0.15) is 5.54 Å². The van der Waals surface area contributed by atoms with Gasteiger partial charge in [0.25, 0.3) is 0 Å². The number of carbonyl (C=O) groups is 2. The molecule has 2 atom stereocenters. The predicted molar refractivity (Wildman–Crippen MR) is 133 cm³/mol. The molecule has 3 N–H and O–H groups in total. The Kier molecular flexibility index (Phi) is 6.32. The first kappa shape index (κ1) is 23.7.